The van der Waals surface area contributed by atoms with Gasteiger partial charge in [-0.25, -0.2) is 4.68 Å². The minimum atomic E-state index is -0.444. The molecule has 1 aliphatic heterocycles. The zero-order chi connectivity index (χ0) is 17.1. The van der Waals surface area contributed by atoms with Crippen LogP contribution in [0.15, 0.2) is 42.7 Å². The molecular weight excluding hydrogens is 304 g/mol. The molecule has 126 valence electrons. The Morgan fingerprint density at radius 2 is 2.00 bits per heavy atom. The third-order valence-electron chi connectivity index (χ3n) is 4.22. The van der Waals surface area contributed by atoms with E-state index in [-0.39, 0.29) is 17.7 Å². The number of hydrogen-bond acceptors (Lipinski definition) is 3. The first-order valence-corrected chi connectivity index (χ1v) is 8.26. The highest BCUT2D eigenvalue weighted by molar-refractivity contribution is 5.97. The average Bonchev–Trinajstić information content (AvgIpc) is 3.18. The van der Waals surface area contributed by atoms with Gasteiger partial charge in [0.1, 0.15) is 6.04 Å². The molecule has 0 spiro atoms. The van der Waals surface area contributed by atoms with Crippen LogP contribution in [0.2, 0.25) is 0 Å². The lowest BCUT2D eigenvalue weighted by molar-refractivity contribution is -0.136. The minimum absolute atomic E-state index is 0.0521. The predicted octanol–water partition coefficient (Wildman–Crippen LogP) is 2.46. The van der Waals surface area contributed by atoms with Crippen molar-refractivity contribution in [3.05, 3.63) is 42.7 Å². The number of benzene rings is 1. The molecule has 6 nitrogen and oxygen atoms in total. The summed E-state index contributed by atoms with van der Waals surface area (Å²) in [6.45, 7) is 4.57. The van der Waals surface area contributed by atoms with E-state index in [1.807, 2.05) is 44.2 Å². The van der Waals surface area contributed by atoms with Crippen LogP contribution >= 0.6 is 0 Å². The van der Waals surface area contributed by atoms with Crippen molar-refractivity contribution in [2.45, 2.75) is 32.7 Å². The summed E-state index contributed by atoms with van der Waals surface area (Å²) in [6, 6.07) is 9.25. The largest absolute Gasteiger partial charge is 0.330 e. The molecule has 2 heterocycles. The number of para-hydroxylation sites is 1. The molecule has 1 saturated heterocycles. The molecule has 0 aliphatic carbocycles. The van der Waals surface area contributed by atoms with E-state index in [0.29, 0.717) is 18.7 Å². The summed E-state index contributed by atoms with van der Waals surface area (Å²) in [5.74, 6) is -0.0482. The standard InChI is InChI=1S/C18H22N4O2/c1-13(2)17(21-10-6-9-16(21)23)18(24)20-14-11-19-22(12-14)15-7-4-3-5-8-15/h3-5,7-8,11-13,17H,6,9-10H2,1-2H3,(H,20,24). The normalized spacial score (nSPS) is 15.8. The monoisotopic (exact) mass is 326 g/mol. The van der Waals surface area contributed by atoms with Gasteiger partial charge in [0.05, 0.1) is 23.8 Å². The molecule has 0 saturated carbocycles. The molecule has 1 N–H and O–H groups in total. The average molecular weight is 326 g/mol. The summed E-state index contributed by atoms with van der Waals surface area (Å²) in [4.78, 5) is 26.4. The van der Waals surface area contributed by atoms with E-state index < -0.39 is 6.04 Å². The summed E-state index contributed by atoms with van der Waals surface area (Å²) >= 11 is 0. The van der Waals surface area contributed by atoms with Crippen LogP contribution in [-0.2, 0) is 9.59 Å². The number of nitrogens with zero attached hydrogens (tertiary/aromatic N) is 3. The van der Waals surface area contributed by atoms with Crippen LogP contribution in [0.3, 0.4) is 0 Å². The Kier molecular flexibility index (Phi) is 4.64. The molecule has 24 heavy (non-hydrogen) atoms. The lowest BCUT2D eigenvalue weighted by atomic mass is 10.0. The van der Waals surface area contributed by atoms with Gasteiger partial charge in [0.15, 0.2) is 0 Å². The van der Waals surface area contributed by atoms with Crippen molar-refractivity contribution in [1.82, 2.24) is 14.7 Å². The van der Waals surface area contributed by atoms with Crippen molar-refractivity contribution in [1.29, 1.82) is 0 Å². The van der Waals surface area contributed by atoms with Gasteiger partial charge in [-0.1, -0.05) is 32.0 Å². The van der Waals surface area contributed by atoms with Gasteiger partial charge >= 0.3 is 0 Å². The first-order chi connectivity index (χ1) is 11.6. The predicted molar refractivity (Wildman–Crippen MR) is 91.8 cm³/mol. The van der Waals surface area contributed by atoms with Gasteiger partial charge in [0, 0.05) is 13.0 Å². The number of aromatic nitrogens is 2. The maximum absolute atomic E-state index is 12.7. The van der Waals surface area contributed by atoms with Gasteiger partial charge < -0.3 is 10.2 Å². The first-order valence-electron chi connectivity index (χ1n) is 8.26. The second-order valence-electron chi connectivity index (χ2n) is 6.38. The SMILES string of the molecule is CC(C)C(C(=O)Nc1cnn(-c2ccccc2)c1)N1CCCC1=O. The lowest BCUT2D eigenvalue weighted by Gasteiger charge is -2.29. The zero-order valence-corrected chi connectivity index (χ0v) is 14.0. The van der Waals surface area contributed by atoms with Crippen molar-refractivity contribution in [3.63, 3.8) is 0 Å². The van der Waals surface area contributed by atoms with E-state index in [0.717, 1.165) is 12.1 Å². The second-order valence-corrected chi connectivity index (χ2v) is 6.38. The molecule has 0 bridgehead atoms. The molecule has 1 aromatic heterocycles. The number of hydrogen-bond donors (Lipinski definition) is 1. The van der Waals surface area contributed by atoms with E-state index in [4.69, 9.17) is 0 Å². The van der Waals surface area contributed by atoms with Crippen molar-refractivity contribution in [2.75, 3.05) is 11.9 Å². The van der Waals surface area contributed by atoms with Gasteiger partial charge in [-0.15, -0.1) is 0 Å². The van der Waals surface area contributed by atoms with Crippen LogP contribution in [-0.4, -0.2) is 39.1 Å². The highest BCUT2D eigenvalue weighted by atomic mass is 16.2. The van der Waals surface area contributed by atoms with Crippen molar-refractivity contribution < 1.29 is 9.59 Å². The Labute approximate surface area is 141 Å². The number of anilines is 1. The summed E-state index contributed by atoms with van der Waals surface area (Å²) < 4.78 is 1.71. The number of rotatable bonds is 5. The smallest absolute Gasteiger partial charge is 0.247 e. The van der Waals surface area contributed by atoms with Crippen LogP contribution in [0.25, 0.3) is 5.69 Å². The van der Waals surface area contributed by atoms with Gasteiger partial charge in [-0.05, 0) is 24.5 Å². The van der Waals surface area contributed by atoms with Gasteiger partial charge in [-0.3, -0.25) is 9.59 Å². The molecule has 1 unspecified atom stereocenters. The summed E-state index contributed by atoms with van der Waals surface area (Å²) in [7, 11) is 0. The number of amides is 2. The van der Waals surface area contributed by atoms with E-state index in [1.54, 1.807) is 22.0 Å². The maximum atomic E-state index is 12.7. The Morgan fingerprint density at radius 3 is 2.62 bits per heavy atom. The molecule has 0 radical (unpaired) electrons. The Bertz CT molecular complexity index is 724. The highest BCUT2D eigenvalue weighted by Crippen LogP contribution is 2.21. The molecule has 1 fully saturated rings. The quantitative estimate of drug-likeness (QED) is 0.918. The van der Waals surface area contributed by atoms with E-state index in [9.17, 15) is 9.59 Å². The topological polar surface area (TPSA) is 67.2 Å². The van der Waals surface area contributed by atoms with E-state index in [2.05, 4.69) is 10.4 Å². The molecule has 1 atom stereocenters. The molecule has 6 heteroatoms. The Balaban J connectivity index is 1.74. The highest BCUT2D eigenvalue weighted by Gasteiger charge is 2.35. The third kappa shape index (κ3) is 3.32. The fraction of sp³-hybridized carbons (Fsp3) is 0.389. The number of carbonyl (C=O) groups excluding carboxylic acids is 2. The number of carbonyl (C=O) groups is 2. The van der Waals surface area contributed by atoms with Crippen LogP contribution in [0.5, 0.6) is 0 Å². The van der Waals surface area contributed by atoms with Gasteiger partial charge in [0.25, 0.3) is 0 Å². The van der Waals surface area contributed by atoms with Crippen LogP contribution in [0.4, 0.5) is 5.69 Å². The molecule has 2 amide bonds. The zero-order valence-electron chi connectivity index (χ0n) is 14.0. The fourth-order valence-corrected chi connectivity index (χ4v) is 3.09. The fourth-order valence-electron chi connectivity index (χ4n) is 3.09. The summed E-state index contributed by atoms with van der Waals surface area (Å²) in [5, 5.41) is 7.17. The summed E-state index contributed by atoms with van der Waals surface area (Å²) in [6.07, 6.45) is 4.74. The molecule has 1 aliphatic rings. The van der Waals surface area contributed by atoms with Gasteiger partial charge in [-0.2, -0.15) is 5.10 Å². The van der Waals surface area contributed by atoms with E-state index in [1.165, 1.54) is 0 Å². The van der Waals surface area contributed by atoms with Crippen LogP contribution in [0.1, 0.15) is 26.7 Å². The Morgan fingerprint density at radius 1 is 1.25 bits per heavy atom. The first kappa shape index (κ1) is 16.2. The third-order valence-corrected chi connectivity index (χ3v) is 4.22. The van der Waals surface area contributed by atoms with Crippen LogP contribution in [0, 0.1) is 5.92 Å². The maximum Gasteiger partial charge on any atom is 0.247 e. The number of nitrogens with one attached hydrogen (secondary N) is 1. The van der Waals surface area contributed by atoms with Crippen molar-refractivity contribution >= 4 is 17.5 Å². The molecule has 1 aromatic carbocycles. The number of likely N-dealkylation sites (tertiary alicyclic amines) is 1. The van der Waals surface area contributed by atoms with E-state index >= 15 is 0 Å². The molecule has 3 rings (SSSR count). The molecule has 2 aromatic rings. The van der Waals surface area contributed by atoms with Crippen LogP contribution < -0.4 is 5.32 Å². The second kappa shape index (κ2) is 6.86. The minimum Gasteiger partial charge on any atom is -0.330 e. The lowest BCUT2D eigenvalue weighted by Crippen LogP contribution is -2.47. The van der Waals surface area contributed by atoms with Crippen molar-refractivity contribution in [2.24, 2.45) is 5.92 Å². The summed E-state index contributed by atoms with van der Waals surface area (Å²) in [5.41, 5.74) is 1.55. The Hall–Kier alpha value is -2.63. The molecular formula is C18H22N4O2. The van der Waals surface area contributed by atoms with Crippen molar-refractivity contribution in [3.8, 4) is 5.69 Å². The van der Waals surface area contributed by atoms with Gasteiger partial charge in [0.2, 0.25) is 11.8 Å².